The standard InChI is InChI=1S/C33H45N3O13.C28H37N3O11.C24H29ClN2O9.ClH/c1-19(2)46-30(39)27-21(4)35(32(41)48-22(5)47-25(37)14-11-15-34-31(40)49-33(6,7)8)20(3)26(29(38)45-17-16-44-9)28(27)23-12-10-13-24(18-23)36(42)43;1-16(2)40-27(34)24-18(4)30(28(35)42-19(5)41-22(32)11-8-12-29)17(3)23(26(33)39-14-13-38-6)25(24)20-9-7-10-21(15-20)31(36)37;1-13(2)35-23(29)20-15(4)26(24(30)36-16(5)25)14(3)19(22(28)34-11-10-33-6)21(20)17-8-7-9-18(12-17)27(31)32;/h10,12-13,18-19,22,28H,11,14-17H2,1-9H3,(H,34,40);7,9-10,15-16,19,25H,8,11-14,29H2,1-6H3;7-9,12-13,16,21H,10-11H2,1-6H3;1H. The maximum Gasteiger partial charge on any atom is 0.421 e. The number of nitrogens with zero attached hydrogens (tertiary/aromatic N) is 6. The van der Waals surface area contributed by atoms with Gasteiger partial charge in [0.25, 0.3) is 17.1 Å². The van der Waals surface area contributed by atoms with Crippen LogP contribution in [0.1, 0.15) is 185 Å². The van der Waals surface area contributed by atoms with Gasteiger partial charge < -0.3 is 82.1 Å². The Morgan fingerprint density at radius 2 is 0.695 bits per heavy atom. The van der Waals surface area contributed by atoms with E-state index in [9.17, 15) is 87.9 Å². The summed E-state index contributed by atoms with van der Waals surface area (Å²) in [5.74, 6) is -10.2. The second-order valence-corrected chi connectivity index (χ2v) is 30.5. The molecular weight excluding hydrogens is 1730 g/mol. The number of carbonyl (C=O) groups is 12. The minimum absolute atomic E-state index is 0. The van der Waals surface area contributed by atoms with Crippen molar-refractivity contribution in [2.24, 2.45) is 5.73 Å². The van der Waals surface area contributed by atoms with Crippen LogP contribution < -0.4 is 11.1 Å². The summed E-state index contributed by atoms with van der Waals surface area (Å²) in [7, 11) is 4.25. The third kappa shape index (κ3) is 31.8. The predicted molar refractivity (Wildman–Crippen MR) is 456 cm³/mol. The van der Waals surface area contributed by atoms with Crippen LogP contribution >= 0.6 is 24.0 Å². The van der Waals surface area contributed by atoms with Crippen molar-refractivity contribution in [1.29, 1.82) is 0 Å². The van der Waals surface area contributed by atoms with Gasteiger partial charge in [0.05, 0.1) is 104 Å². The molecule has 128 heavy (non-hydrogen) atoms. The van der Waals surface area contributed by atoms with Crippen molar-refractivity contribution >= 4 is 113 Å². The summed E-state index contributed by atoms with van der Waals surface area (Å²) in [6.45, 7) is 27.8. The van der Waals surface area contributed by atoms with E-state index in [-0.39, 0.29) is 186 Å². The maximum atomic E-state index is 13.6. The summed E-state index contributed by atoms with van der Waals surface area (Å²) in [6, 6.07) is 16.3. The number of nitrogens with one attached hydrogen (secondary N) is 1. The van der Waals surface area contributed by atoms with Crippen molar-refractivity contribution in [3.63, 3.8) is 0 Å². The van der Waals surface area contributed by atoms with Crippen LogP contribution in [0.5, 0.6) is 0 Å². The minimum atomic E-state index is -1.41. The Balaban J connectivity index is 0.000000499. The normalized spacial score (nSPS) is 15.8. The highest BCUT2D eigenvalue weighted by molar-refractivity contribution is 6.20. The van der Waals surface area contributed by atoms with Crippen molar-refractivity contribution in [3.8, 4) is 0 Å². The number of nitro groups is 3. The summed E-state index contributed by atoms with van der Waals surface area (Å²) in [4.78, 5) is 193. The number of allylic oxidation sites excluding steroid dienone is 6. The molecule has 3 aromatic carbocycles. The molecule has 41 nitrogen and oxygen atoms in total. The van der Waals surface area contributed by atoms with Gasteiger partial charge in [0, 0.05) is 125 Å². The molecule has 0 spiro atoms. The van der Waals surface area contributed by atoms with Crippen molar-refractivity contribution < 1.29 is 143 Å². The summed E-state index contributed by atoms with van der Waals surface area (Å²) >= 11 is 5.85. The van der Waals surface area contributed by atoms with Gasteiger partial charge in [0.1, 0.15) is 25.4 Å². The number of halogens is 2. The first-order valence-corrected chi connectivity index (χ1v) is 40.4. The van der Waals surface area contributed by atoms with Crippen LogP contribution in [-0.2, 0) is 109 Å². The molecule has 4 amide bonds. The van der Waals surface area contributed by atoms with Gasteiger partial charge in [0.2, 0.25) is 12.6 Å². The molecule has 6 rings (SSSR count). The first-order chi connectivity index (χ1) is 59.6. The van der Waals surface area contributed by atoms with Gasteiger partial charge in [-0.2, -0.15) is 0 Å². The maximum absolute atomic E-state index is 13.6. The number of carbonyl (C=O) groups excluding carboxylic acids is 12. The number of nitrogens with two attached hydrogens (primary N) is 1. The highest BCUT2D eigenvalue weighted by Gasteiger charge is 2.48. The van der Waals surface area contributed by atoms with Crippen LogP contribution in [0.15, 0.2) is 140 Å². The number of hydrogen-bond donors (Lipinski definition) is 2. The van der Waals surface area contributed by atoms with E-state index in [1.165, 1.54) is 156 Å². The van der Waals surface area contributed by atoms with Crippen molar-refractivity contribution in [2.45, 2.75) is 210 Å². The Labute approximate surface area is 750 Å². The van der Waals surface area contributed by atoms with E-state index in [0.29, 0.717) is 6.42 Å². The second-order valence-electron chi connectivity index (χ2n) is 29.8. The van der Waals surface area contributed by atoms with Gasteiger partial charge in [-0.15, -0.1) is 12.4 Å². The zero-order valence-electron chi connectivity index (χ0n) is 75.1. The van der Waals surface area contributed by atoms with Gasteiger partial charge in [-0.3, -0.25) is 54.6 Å². The fraction of sp³-hybridized carbons (Fsp3) is 0.506. The quantitative estimate of drug-likeness (QED) is 0.0104. The molecule has 0 aliphatic carbocycles. The average Bonchev–Trinajstić information content (AvgIpc) is 0.753. The number of methoxy groups -OCH3 is 3. The van der Waals surface area contributed by atoms with Crippen LogP contribution in [0.25, 0.3) is 0 Å². The van der Waals surface area contributed by atoms with Crippen LogP contribution in [0.2, 0.25) is 0 Å². The summed E-state index contributed by atoms with van der Waals surface area (Å²) < 4.78 is 78.7. The number of non-ortho nitro benzene ring substituents is 3. The number of rotatable bonds is 36. The summed E-state index contributed by atoms with van der Waals surface area (Å²) in [5, 5.41) is 37.2. The molecule has 0 fully saturated rings. The summed E-state index contributed by atoms with van der Waals surface area (Å²) in [6.07, 6.45) is -7.68. The Bertz CT molecular complexity index is 4750. The number of alkyl halides is 1. The van der Waals surface area contributed by atoms with E-state index in [0.717, 1.165) is 14.7 Å². The number of benzene rings is 3. The molecule has 3 heterocycles. The molecule has 704 valence electrons. The molecule has 3 N–H and O–H groups in total. The monoisotopic (exact) mass is 1840 g/mol. The Morgan fingerprint density at radius 1 is 0.422 bits per heavy atom. The number of amides is 4. The van der Waals surface area contributed by atoms with Gasteiger partial charge in [-0.05, 0) is 147 Å². The number of esters is 8. The lowest BCUT2D eigenvalue weighted by Crippen LogP contribution is -2.40. The fourth-order valence-electron chi connectivity index (χ4n) is 12.9. The number of hydrogen-bond acceptors (Lipinski definition) is 34. The van der Waals surface area contributed by atoms with Gasteiger partial charge in [0.15, 0.2) is 5.56 Å². The molecular formula is C85H112Cl2N8O33. The van der Waals surface area contributed by atoms with Gasteiger partial charge in [-0.25, -0.2) is 47.9 Å². The molecule has 0 saturated heterocycles. The number of ether oxygens (including phenoxy) is 15. The minimum Gasteiger partial charge on any atom is -0.460 e. The molecule has 6 unspecified atom stereocenters. The van der Waals surface area contributed by atoms with Crippen LogP contribution in [0, 0.1) is 30.3 Å². The largest absolute Gasteiger partial charge is 0.460 e. The molecule has 3 aromatic rings. The first-order valence-electron chi connectivity index (χ1n) is 39.9. The Morgan fingerprint density at radius 3 is 0.945 bits per heavy atom. The van der Waals surface area contributed by atoms with E-state index in [1.807, 2.05) is 0 Å². The van der Waals surface area contributed by atoms with E-state index >= 15 is 0 Å². The molecule has 43 heteroatoms. The van der Waals surface area contributed by atoms with Gasteiger partial charge in [-0.1, -0.05) is 48.0 Å². The molecule has 3 aliphatic heterocycles. The average molecular weight is 1840 g/mol. The van der Waals surface area contributed by atoms with E-state index in [4.69, 9.17) is 88.4 Å². The first kappa shape index (κ1) is 110. The Kier molecular flexibility index (Phi) is 44.6. The van der Waals surface area contributed by atoms with Gasteiger partial charge >= 0.3 is 72.1 Å². The Hall–Kier alpha value is -12.4. The zero-order chi connectivity index (χ0) is 95.8. The third-order valence-electron chi connectivity index (χ3n) is 18.0. The number of nitro benzene ring substituents is 3. The van der Waals surface area contributed by atoms with E-state index < -0.39 is 147 Å². The van der Waals surface area contributed by atoms with Crippen molar-refractivity contribution in [1.82, 2.24) is 20.0 Å². The van der Waals surface area contributed by atoms with Crippen LogP contribution in [0.4, 0.5) is 36.2 Å². The molecule has 3 aliphatic rings. The molecule has 0 radical (unpaired) electrons. The zero-order valence-corrected chi connectivity index (χ0v) is 76.7. The third-order valence-corrected chi connectivity index (χ3v) is 18.1. The topological polar surface area (TPSA) is 520 Å². The molecule has 6 atom stereocenters. The highest BCUT2D eigenvalue weighted by Crippen LogP contribution is 2.48. The van der Waals surface area contributed by atoms with Crippen LogP contribution in [-0.4, -0.2) is 218 Å². The van der Waals surface area contributed by atoms with Crippen molar-refractivity contribution in [2.75, 3.05) is 74.1 Å². The fourth-order valence-corrected chi connectivity index (χ4v) is 12.9. The van der Waals surface area contributed by atoms with Crippen molar-refractivity contribution in [3.05, 3.63) is 187 Å². The second kappa shape index (κ2) is 52.0. The smallest absolute Gasteiger partial charge is 0.421 e. The lowest BCUT2D eigenvalue weighted by atomic mass is 9.79. The lowest BCUT2D eigenvalue weighted by molar-refractivity contribution is -0.385. The predicted octanol–water partition coefficient (Wildman–Crippen LogP) is 13.3. The number of alkyl carbamates (subject to hydrolysis) is 1. The van der Waals surface area contributed by atoms with E-state index in [1.54, 1.807) is 62.3 Å². The highest BCUT2D eigenvalue weighted by atomic mass is 35.5. The molecule has 0 bridgehead atoms. The molecule has 0 saturated carbocycles. The summed E-state index contributed by atoms with van der Waals surface area (Å²) in [5.41, 5.74) is 3.04. The SMILES string of the molecule is COCCOC(=O)C1=C(C)N(C(=O)OC(C)Cl)C(C)=C(C(=O)OC(C)C)C1c1cccc([N+](=O)[O-])c1.COCCOC(=O)C1=C(C)N(C(=O)OC(C)OC(=O)CCCN)C(C)=C(C(=O)OC(C)C)C1c1cccc([N+](=O)[O-])c1.COCCOC(=O)C1=C(C)N(C(=O)OC(C)OC(=O)CCCNC(=O)OC(C)(C)C)C(C)=C(C(=O)OC(C)C)C1c1cccc([N+](=O)[O-])c1.Cl. The lowest BCUT2D eigenvalue weighted by Gasteiger charge is -2.36. The van der Waals surface area contributed by atoms with Crippen LogP contribution in [0.3, 0.4) is 0 Å². The molecule has 0 aromatic heterocycles. The van der Waals surface area contributed by atoms with E-state index in [2.05, 4.69) is 5.32 Å².